The molecule has 1 aromatic heterocycles. The molecule has 1 atom stereocenters. The van der Waals surface area contributed by atoms with Crippen LogP contribution in [0.4, 0.5) is 0 Å². The van der Waals surface area contributed by atoms with Crippen molar-refractivity contribution in [3.8, 4) is 11.5 Å². The molecule has 1 heterocycles. The maximum Gasteiger partial charge on any atom is 0.290 e. The van der Waals surface area contributed by atoms with Crippen molar-refractivity contribution in [1.82, 2.24) is 10.2 Å². The topological polar surface area (TPSA) is 81.0 Å². The number of rotatable bonds is 9. The van der Waals surface area contributed by atoms with Gasteiger partial charge >= 0.3 is 0 Å². The molecule has 0 aliphatic heterocycles. The van der Waals surface area contributed by atoms with Gasteiger partial charge in [0.2, 0.25) is 5.91 Å². The van der Waals surface area contributed by atoms with Crippen LogP contribution in [0.2, 0.25) is 0 Å². The van der Waals surface area contributed by atoms with Crippen molar-refractivity contribution in [3.05, 3.63) is 83.3 Å². The summed E-state index contributed by atoms with van der Waals surface area (Å²) in [5.41, 5.74) is 2.56. The summed E-state index contributed by atoms with van der Waals surface area (Å²) in [4.78, 5) is 29.2. The number of benzene rings is 2. The number of amides is 2. The van der Waals surface area contributed by atoms with Crippen LogP contribution in [0.25, 0.3) is 0 Å². The largest absolute Gasteiger partial charge is 0.493 e. The predicted molar refractivity (Wildman–Crippen MR) is 132 cm³/mol. The van der Waals surface area contributed by atoms with E-state index < -0.39 is 6.04 Å². The van der Waals surface area contributed by atoms with Gasteiger partial charge in [0, 0.05) is 18.2 Å². The Morgan fingerprint density at radius 1 is 1.03 bits per heavy atom. The fourth-order valence-electron chi connectivity index (χ4n) is 4.64. The quantitative estimate of drug-likeness (QED) is 0.468. The third-order valence-corrected chi connectivity index (χ3v) is 6.46. The average Bonchev–Trinajstić information content (AvgIpc) is 3.59. The van der Waals surface area contributed by atoms with Crippen molar-refractivity contribution in [3.63, 3.8) is 0 Å². The first-order valence-electron chi connectivity index (χ1n) is 11.9. The first kappa shape index (κ1) is 24.4. The molecule has 1 N–H and O–H groups in total. The van der Waals surface area contributed by atoms with E-state index >= 15 is 0 Å². The molecule has 3 aromatic rings. The molecule has 0 spiro atoms. The standard InChI is InChI=1S/C28H32N2O5/c1-19-13-15-20(16-14-19)18-30(28(32)24-12-7-17-35-24)25(27(31)29-21-8-4-5-9-21)22-10-6-11-23(33-2)26(22)34-3/h6-7,10-17,21,25H,4-5,8-9,18H2,1-3H3,(H,29,31)/t25-/m1/s1. The molecule has 1 fully saturated rings. The summed E-state index contributed by atoms with van der Waals surface area (Å²) >= 11 is 0. The van der Waals surface area contributed by atoms with Crippen LogP contribution in [0.3, 0.4) is 0 Å². The molecule has 1 aliphatic rings. The number of carbonyl (C=O) groups is 2. The van der Waals surface area contributed by atoms with E-state index in [4.69, 9.17) is 13.9 Å². The van der Waals surface area contributed by atoms with E-state index in [1.54, 1.807) is 42.3 Å². The Hall–Kier alpha value is -3.74. The number of ether oxygens (including phenoxy) is 2. The third kappa shape index (κ3) is 5.50. The van der Waals surface area contributed by atoms with Crippen molar-refractivity contribution in [2.45, 2.75) is 51.2 Å². The molecule has 0 bridgehead atoms. The molecule has 7 nitrogen and oxygen atoms in total. The number of para-hydroxylation sites is 1. The number of furan rings is 1. The summed E-state index contributed by atoms with van der Waals surface area (Å²) in [5, 5.41) is 3.18. The first-order chi connectivity index (χ1) is 17.0. The van der Waals surface area contributed by atoms with E-state index in [1.165, 1.54) is 13.4 Å². The number of carbonyl (C=O) groups excluding carboxylic acids is 2. The second-order valence-corrected chi connectivity index (χ2v) is 8.87. The van der Waals surface area contributed by atoms with Crippen LogP contribution in [0, 0.1) is 6.92 Å². The monoisotopic (exact) mass is 476 g/mol. The molecule has 0 saturated heterocycles. The van der Waals surface area contributed by atoms with E-state index in [1.807, 2.05) is 31.2 Å². The lowest BCUT2D eigenvalue weighted by Gasteiger charge is -2.32. The predicted octanol–water partition coefficient (Wildman–Crippen LogP) is 5.05. The molecule has 0 radical (unpaired) electrons. The molecule has 1 saturated carbocycles. The van der Waals surface area contributed by atoms with E-state index in [0.29, 0.717) is 17.1 Å². The Balaban J connectivity index is 1.82. The molecule has 35 heavy (non-hydrogen) atoms. The Morgan fingerprint density at radius 2 is 1.77 bits per heavy atom. The van der Waals surface area contributed by atoms with E-state index in [0.717, 1.165) is 36.8 Å². The van der Waals surface area contributed by atoms with E-state index in [-0.39, 0.29) is 30.2 Å². The van der Waals surface area contributed by atoms with E-state index in [2.05, 4.69) is 5.32 Å². The highest BCUT2D eigenvalue weighted by atomic mass is 16.5. The number of nitrogens with zero attached hydrogens (tertiary/aromatic N) is 1. The van der Waals surface area contributed by atoms with Gasteiger partial charge < -0.3 is 24.1 Å². The SMILES string of the molecule is COc1cccc([C@H](C(=O)NC2CCCC2)N(Cc2ccc(C)cc2)C(=O)c2ccco2)c1OC. The van der Waals surface area contributed by atoms with Gasteiger partial charge in [0.25, 0.3) is 5.91 Å². The van der Waals surface area contributed by atoms with Gasteiger partial charge in [-0.3, -0.25) is 9.59 Å². The zero-order chi connectivity index (χ0) is 24.8. The lowest BCUT2D eigenvalue weighted by molar-refractivity contribution is -0.126. The Labute approximate surface area is 206 Å². The summed E-state index contributed by atoms with van der Waals surface area (Å²) in [6, 6.07) is 15.7. The van der Waals surface area contributed by atoms with Crippen LogP contribution in [0.5, 0.6) is 11.5 Å². The molecule has 0 unspecified atom stereocenters. The van der Waals surface area contributed by atoms with Crippen molar-refractivity contribution >= 4 is 11.8 Å². The third-order valence-electron chi connectivity index (χ3n) is 6.46. The van der Waals surface area contributed by atoms with Gasteiger partial charge in [0.15, 0.2) is 17.3 Å². The van der Waals surface area contributed by atoms with Gasteiger partial charge in [-0.25, -0.2) is 0 Å². The lowest BCUT2D eigenvalue weighted by atomic mass is 10.00. The van der Waals surface area contributed by atoms with Gasteiger partial charge in [0.1, 0.15) is 6.04 Å². The van der Waals surface area contributed by atoms with Crippen LogP contribution >= 0.6 is 0 Å². The van der Waals surface area contributed by atoms with Crippen LogP contribution in [0.15, 0.2) is 65.3 Å². The smallest absolute Gasteiger partial charge is 0.290 e. The molecule has 2 aromatic carbocycles. The second-order valence-electron chi connectivity index (χ2n) is 8.87. The highest BCUT2D eigenvalue weighted by Crippen LogP contribution is 2.38. The minimum atomic E-state index is -0.959. The van der Waals surface area contributed by atoms with Gasteiger partial charge in [-0.2, -0.15) is 0 Å². The summed E-state index contributed by atoms with van der Waals surface area (Å²) in [5.74, 6) is 0.437. The second kappa shape index (κ2) is 11.1. The molecule has 7 heteroatoms. The van der Waals surface area contributed by atoms with Crippen molar-refractivity contribution in [2.24, 2.45) is 0 Å². The molecule has 4 rings (SSSR count). The van der Waals surface area contributed by atoms with Crippen molar-refractivity contribution < 1.29 is 23.5 Å². The molecule has 2 amide bonds. The number of nitrogens with one attached hydrogen (secondary N) is 1. The number of hydrogen-bond acceptors (Lipinski definition) is 5. The fourth-order valence-corrected chi connectivity index (χ4v) is 4.64. The van der Waals surface area contributed by atoms with E-state index in [9.17, 15) is 9.59 Å². The lowest BCUT2D eigenvalue weighted by Crippen LogP contribution is -2.46. The summed E-state index contributed by atoms with van der Waals surface area (Å²) in [6.07, 6.45) is 5.47. The highest BCUT2D eigenvalue weighted by molar-refractivity contribution is 5.96. The summed E-state index contributed by atoms with van der Waals surface area (Å²) in [6.45, 7) is 2.22. The normalized spacial score (nSPS) is 14.4. The molecule has 1 aliphatic carbocycles. The molecule has 184 valence electrons. The van der Waals surface area contributed by atoms with Gasteiger partial charge in [-0.1, -0.05) is 54.8 Å². The Bertz CT molecular complexity index is 1130. The zero-order valence-corrected chi connectivity index (χ0v) is 20.5. The molecular formula is C28H32N2O5. The number of methoxy groups -OCH3 is 2. The van der Waals surface area contributed by atoms with Gasteiger partial charge in [-0.15, -0.1) is 0 Å². The number of aryl methyl sites for hydroxylation is 1. The van der Waals surface area contributed by atoms with Crippen molar-refractivity contribution in [1.29, 1.82) is 0 Å². The molecular weight excluding hydrogens is 444 g/mol. The first-order valence-corrected chi connectivity index (χ1v) is 11.9. The maximum atomic E-state index is 13.9. The maximum absolute atomic E-state index is 13.9. The summed E-state index contributed by atoms with van der Waals surface area (Å²) in [7, 11) is 3.08. The summed E-state index contributed by atoms with van der Waals surface area (Å²) < 4.78 is 16.6. The van der Waals surface area contributed by atoms with Crippen molar-refractivity contribution in [2.75, 3.05) is 14.2 Å². The van der Waals surface area contributed by atoms with Crippen LogP contribution in [-0.2, 0) is 11.3 Å². The van der Waals surface area contributed by atoms with Gasteiger partial charge in [0.05, 0.1) is 20.5 Å². The fraction of sp³-hybridized carbons (Fsp3) is 0.357. The van der Waals surface area contributed by atoms with Crippen LogP contribution in [-0.4, -0.2) is 37.0 Å². The number of hydrogen-bond donors (Lipinski definition) is 1. The average molecular weight is 477 g/mol. The zero-order valence-electron chi connectivity index (χ0n) is 20.5. The van der Waals surface area contributed by atoms with Crippen LogP contribution < -0.4 is 14.8 Å². The minimum absolute atomic E-state index is 0.0848. The Morgan fingerprint density at radius 3 is 2.40 bits per heavy atom. The Kier molecular flexibility index (Phi) is 7.75. The highest BCUT2D eigenvalue weighted by Gasteiger charge is 2.37. The van der Waals surface area contributed by atoms with Crippen LogP contribution in [0.1, 0.15) is 59.0 Å². The minimum Gasteiger partial charge on any atom is -0.493 e. The van der Waals surface area contributed by atoms with Gasteiger partial charge in [-0.05, 0) is 43.5 Å².